The number of urea groups is 1. The van der Waals surface area contributed by atoms with E-state index in [2.05, 4.69) is 4.98 Å². The van der Waals surface area contributed by atoms with Gasteiger partial charge in [0.25, 0.3) is 5.56 Å². The van der Waals surface area contributed by atoms with Crippen molar-refractivity contribution in [3.63, 3.8) is 0 Å². The Morgan fingerprint density at radius 1 is 1.03 bits per heavy atom. The second-order valence-corrected chi connectivity index (χ2v) is 8.87. The number of carbonyl (C=O) groups excluding carboxylic acids is 1. The van der Waals surface area contributed by atoms with Crippen molar-refractivity contribution in [2.24, 2.45) is 0 Å². The third-order valence-corrected chi connectivity index (χ3v) is 6.59. The van der Waals surface area contributed by atoms with Gasteiger partial charge in [-0.15, -0.1) is 0 Å². The zero-order chi connectivity index (χ0) is 24.2. The Morgan fingerprint density at radius 3 is 2.46 bits per heavy atom. The zero-order valence-electron chi connectivity index (χ0n) is 19.9. The molecule has 2 aliphatic heterocycles. The van der Waals surface area contributed by atoms with E-state index in [0.717, 1.165) is 5.56 Å². The number of aromatic nitrogens is 2. The Bertz CT molecular complexity index is 1230. The summed E-state index contributed by atoms with van der Waals surface area (Å²) in [7, 11) is 1.58. The summed E-state index contributed by atoms with van der Waals surface area (Å²) in [6.45, 7) is 4.16. The summed E-state index contributed by atoms with van der Waals surface area (Å²) < 4.78 is 18.8. The lowest BCUT2D eigenvalue weighted by Crippen LogP contribution is -2.51. The van der Waals surface area contributed by atoms with E-state index in [-0.39, 0.29) is 17.7 Å². The molecule has 3 heterocycles. The lowest BCUT2D eigenvalue weighted by atomic mass is 10.1. The molecule has 2 aliphatic rings. The lowest BCUT2D eigenvalue weighted by molar-refractivity contribution is 0.0359. The second-order valence-electron chi connectivity index (χ2n) is 8.87. The van der Waals surface area contributed by atoms with E-state index in [1.54, 1.807) is 30.1 Å². The van der Waals surface area contributed by atoms with E-state index < -0.39 is 0 Å². The molecule has 9 nitrogen and oxygen atoms in total. The van der Waals surface area contributed by atoms with Crippen LogP contribution in [0.3, 0.4) is 0 Å². The van der Waals surface area contributed by atoms with Gasteiger partial charge in [0.2, 0.25) is 0 Å². The van der Waals surface area contributed by atoms with Gasteiger partial charge in [0, 0.05) is 45.1 Å². The first kappa shape index (κ1) is 23.2. The first-order valence-corrected chi connectivity index (χ1v) is 12.0. The largest absolute Gasteiger partial charge is 0.493 e. The molecular formula is C26H30N4O5. The van der Waals surface area contributed by atoms with Crippen molar-refractivity contribution in [3.05, 3.63) is 64.7 Å². The van der Waals surface area contributed by atoms with Gasteiger partial charge in [-0.05, 0) is 11.6 Å². The minimum atomic E-state index is -0.128. The number of methoxy groups -OCH3 is 1. The van der Waals surface area contributed by atoms with Crippen molar-refractivity contribution in [2.75, 3.05) is 46.5 Å². The number of carbonyl (C=O) groups is 1. The standard InChI is InChI=1S/C26H30N4O5/c1-33-23-16-22-21(25(31)30(18-27-22)17-19-5-3-2-4-6-19)15-24(23)35-20-7-9-28(10-8-20)26(32)29-11-13-34-14-12-29/h2-6,15-16,18,20H,7-14,17H2,1H3. The van der Waals surface area contributed by atoms with Crippen molar-refractivity contribution in [1.82, 2.24) is 19.4 Å². The van der Waals surface area contributed by atoms with Gasteiger partial charge >= 0.3 is 6.03 Å². The number of piperidine rings is 1. The number of ether oxygens (including phenoxy) is 3. The summed E-state index contributed by atoms with van der Waals surface area (Å²) >= 11 is 0. The van der Waals surface area contributed by atoms with Crippen molar-refractivity contribution in [1.29, 1.82) is 0 Å². The Labute approximate surface area is 203 Å². The topological polar surface area (TPSA) is 86.1 Å². The number of fused-ring (bicyclic) bond motifs is 1. The predicted octanol–water partition coefficient (Wildman–Crippen LogP) is 2.75. The minimum absolute atomic E-state index is 0.0695. The van der Waals surface area contributed by atoms with Gasteiger partial charge in [-0.1, -0.05) is 30.3 Å². The average molecular weight is 479 g/mol. The fraction of sp³-hybridized carbons (Fsp3) is 0.423. The number of amides is 2. The van der Waals surface area contributed by atoms with Gasteiger partial charge in [-0.25, -0.2) is 9.78 Å². The highest BCUT2D eigenvalue weighted by Crippen LogP contribution is 2.32. The van der Waals surface area contributed by atoms with Crippen LogP contribution in [0, 0.1) is 0 Å². The van der Waals surface area contributed by atoms with E-state index in [9.17, 15) is 9.59 Å². The Hall–Kier alpha value is -3.59. The molecule has 9 heteroatoms. The number of nitrogens with zero attached hydrogens (tertiary/aromatic N) is 4. The second kappa shape index (κ2) is 10.4. The maximum Gasteiger partial charge on any atom is 0.320 e. The summed E-state index contributed by atoms with van der Waals surface area (Å²) in [5.74, 6) is 1.06. The quantitative estimate of drug-likeness (QED) is 0.561. The van der Waals surface area contributed by atoms with Crippen LogP contribution in [0.15, 0.2) is 53.6 Å². The molecule has 1 aromatic heterocycles. The van der Waals surface area contributed by atoms with Crippen LogP contribution in [0.4, 0.5) is 4.79 Å². The van der Waals surface area contributed by atoms with Crippen molar-refractivity contribution in [3.8, 4) is 11.5 Å². The molecule has 2 amide bonds. The fourth-order valence-electron chi connectivity index (χ4n) is 4.61. The van der Waals surface area contributed by atoms with Crippen LogP contribution in [0.1, 0.15) is 18.4 Å². The predicted molar refractivity (Wildman–Crippen MR) is 131 cm³/mol. The highest BCUT2D eigenvalue weighted by atomic mass is 16.5. The number of benzene rings is 2. The summed E-state index contributed by atoms with van der Waals surface area (Å²) in [5.41, 5.74) is 1.46. The molecule has 0 saturated carbocycles. The first-order valence-electron chi connectivity index (χ1n) is 12.0. The molecule has 0 radical (unpaired) electrons. The molecule has 5 rings (SSSR count). The number of likely N-dealkylation sites (tertiary alicyclic amines) is 1. The number of hydrogen-bond acceptors (Lipinski definition) is 6. The Balaban J connectivity index is 1.31. The third kappa shape index (κ3) is 5.09. The van der Waals surface area contributed by atoms with Crippen LogP contribution in [-0.4, -0.2) is 78.0 Å². The molecule has 2 fully saturated rings. The van der Waals surface area contributed by atoms with Gasteiger partial charge in [0.05, 0.1) is 44.1 Å². The summed E-state index contributed by atoms with van der Waals surface area (Å²) in [5, 5.41) is 0.485. The molecule has 0 spiro atoms. The molecule has 3 aromatic rings. The number of hydrogen-bond donors (Lipinski definition) is 0. The molecule has 0 atom stereocenters. The van der Waals surface area contributed by atoms with Crippen molar-refractivity contribution < 1.29 is 19.0 Å². The van der Waals surface area contributed by atoms with Crippen LogP contribution < -0.4 is 15.0 Å². The summed E-state index contributed by atoms with van der Waals surface area (Å²) in [4.78, 5) is 34.2. The van der Waals surface area contributed by atoms with Crippen LogP contribution >= 0.6 is 0 Å². The Morgan fingerprint density at radius 2 is 1.74 bits per heavy atom. The molecule has 35 heavy (non-hydrogen) atoms. The third-order valence-electron chi connectivity index (χ3n) is 6.59. The van der Waals surface area contributed by atoms with Crippen LogP contribution in [-0.2, 0) is 11.3 Å². The molecular weight excluding hydrogens is 448 g/mol. The molecule has 184 valence electrons. The highest BCUT2D eigenvalue weighted by Gasteiger charge is 2.28. The van der Waals surface area contributed by atoms with E-state index in [1.165, 1.54) is 0 Å². The van der Waals surface area contributed by atoms with E-state index >= 15 is 0 Å². The van der Waals surface area contributed by atoms with Gasteiger partial charge in [0.1, 0.15) is 6.10 Å². The average Bonchev–Trinajstić information content (AvgIpc) is 2.91. The molecule has 2 saturated heterocycles. The number of morpholine rings is 1. The smallest absolute Gasteiger partial charge is 0.320 e. The summed E-state index contributed by atoms with van der Waals surface area (Å²) in [6.07, 6.45) is 2.92. The van der Waals surface area contributed by atoms with Gasteiger partial charge in [-0.2, -0.15) is 0 Å². The van der Waals surface area contributed by atoms with Gasteiger partial charge in [-0.3, -0.25) is 9.36 Å². The lowest BCUT2D eigenvalue weighted by Gasteiger charge is -2.37. The monoisotopic (exact) mass is 478 g/mol. The molecule has 0 N–H and O–H groups in total. The van der Waals surface area contributed by atoms with Crippen molar-refractivity contribution >= 4 is 16.9 Å². The van der Waals surface area contributed by atoms with E-state index in [1.807, 2.05) is 40.1 Å². The molecule has 0 bridgehead atoms. The van der Waals surface area contributed by atoms with Crippen LogP contribution in [0.5, 0.6) is 11.5 Å². The van der Waals surface area contributed by atoms with Gasteiger partial charge < -0.3 is 24.0 Å². The normalized spacial score (nSPS) is 16.9. The van der Waals surface area contributed by atoms with Crippen molar-refractivity contribution in [2.45, 2.75) is 25.5 Å². The van der Waals surface area contributed by atoms with E-state index in [4.69, 9.17) is 14.2 Å². The first-order chi connectivity index (χ1) is 17.1. The molecule has 0 unspecified atom stereocenters. The Kier molecular flexibility index (Phi) is 6.85. The van der Waals surface area contributed by atoms with Gasteiger partial charge in [0.15, 0.2) is 11.5 Å². The maximum absolute atomic E-state index is 13.2. The zero-order valence-corrected chi connectivity index (χ0v) is 19.9. The molecule has 2 aromatic carbocycles. The fourth-order valence-corrected chi connectivity index (χ4v) is 4.61. The maximum atomic E-state index is 13.2. The SMILES string of the molecule is COc1cc2ncn(Cc3ccccc3)c(=O)c2cc1OC1CCN(C(=O)N2CCOCC2)CC1. The minimum Gasteiger partial charge on any atom is -0.493 e. The van der Waals surface area contributed by atoms with Crippen LogP contribution in [0.25, 0.3) is 10.9 Å². The molecule has 0 aliphatic carbocycles. The summed E-state index contributed by atoms with van der Waals surface area (Å²) in [6, 6.07) is 13.4. The highest BCUT2D eigenvalue weighted by molar-refractivity contribution is 5.81. The van der Waals surface area contributed by atoms with Crippen LogP contribution in [0.2, 0.25) is 0 Å². The number of rotatable bonds is 5. The van der Waals surface area contributed by atoms with E-state index in [0.29, 0.717) is 81.2 Å².